The zero-order valence-electron chi connectivity index (χ0n) is 12.4. The number of aromatic nitrogens is 1. The number of piperazine rings is 1. The van der Waals surface area contributed by atoms with E-state index in [9.17, 15) is 0 Å². The molecule has 1 aliphatic rings. The number of nitrogens with one attached hydrogen (secondary N) is 1. The molecule has 1 N–H and O–H groups in total. The van der Waals surface area contributed by atoms with Crippen LogP contribution in [-0.4, -0.2) is 41.7 Å². The van der Waals surface area contributed by atoms with Gasteiger partial charge in [-0.3, -0.25) is 4.90 Å². The third kappa shape index (κ3) is 3.45. The first-order valence-corrected chi connectivity index (χ1v) is 7.04. The van der Waals surface area contributed by atoms with Crippen molar-refractivity contribution in [1.82, 2.24) is 15.2 Å². The van der Waals surface area contributed by atoms with E-state index >= 15 is 0 Å². The van der Waals surface area contributed by atoms with Gasteiger partial charge < -0.3 is 10.1 Å². The average Bonchev–Trinajstić information content (AvgIpc) is 2.43. The highest BCUT2D eigenvalue weighted by Crippen LogP contribution is 2.21. The third-order valence-electron chi connectivity index (χ3n) is 4.17. The lowest BCUT2D eigenvalue weighted by atomic mass is 9.93. The first kappa shape index (κ1) is 14.3. The molecule has 0 radical (unpaired) electrons. The molecule has 2 heterocycles. The first-order chi connectivity index (χ1) is 9.06. The smallest absolute Gasteiger partial charge is 0.213 e. The van der Waals surface area contributed by atoms with Crippen LogP contribution in [0.1, 0.15) is 32.8 Å². The number of nitrogens with zero attached hydrogens (tertiary/aromatic N) is 2. The zero-order valence-corrected chi connectivity index (χ0v) is 12.4. The second kappa shape index (κ2) is 5.88. The van der Waals surface area contributed by atoms with Crippen molar-refractivity contribution in [3.8, 4) is 5.88 Å². The van der Waals surface area contributed by atoms with Crippen LogP contribution in [0.3, 0.4) is 0 Å². The molecule has 106 valence electrons. The molecule has 2 unspecified atom stereocenters. The van der Waals surface area contributed by atoms with Crippen LogP contribution in [0, 0.1) is 0 Å². The Hall–Kier alpha value is -1.13. The van der Waals surface area contributed by atoms with Crippen molar-refractivity contribution in [2.45, 2.75) is 45.3 Å². The largest absolute Gasteiger partial charge is 0.481 e. The van der Waals surface area contributed by atoms with E-state index in [1.54, 1.807) is 7.11 Å². The Morgan fingerprint density at radius 3 is 3.05 bits per heavy atom. The fourth-order valence-corrected chi connectivity index (χ4v) is 2.53. The molecule has 2 atom stereocenters. The molecule has 0 aliphatic carbocycles. The number of ether oxygens (including phenoxy) is 1. The van der Waals surface area contributed by atoms with Crippen LogP contribution in [0.2, 0.25) is 0 Å². The molecule has 1 aliphatic heterocycles. The first-order valence-electron chi connectivity index (χ1n) is 7.04. The molecular formula is C15H25N3O. The van der Waals surface area contributed by atoms with Gasteiger partial charge in [0.1, 0.15) is 0 Å². The van der Waals surface area contributed by atoms with E-state index in [1.165, 1.54) is 5.56 Å². The van der Waals surface area contributed by atoms with Crippen molar-refractivity contribution in [2.24, 2.45) is 0 Å². The van der Waals surface area contributed by atoms with Crippen LogP contribution < -0.4 is 10.1 Å². The van der Waals surface area contributed by atoms with E-state index in [2.05, 4.69) is 42.0 Å². The molecule has 1 aromatic rings. The van der Waals surface area contributed by atoms with Crippen LogP contribution in [-0.2, 0) is 6.54 Å². The standard InChI is InChI=1S/C15H25N3O/c1-5-15(3)11-18(12(2)9-17-15)10-13-6-7-16-14(8-13)19-4/h6-8,12,17H,5,9-11H2,1-4H3. The van der Waals surface area contributed by atoms with Crippen molar-refractivity contribution in [3.63, 3.8) is 0 Å². The van der Waals surface area contributed by atoms with Gasteiger partial charge in [-0.05, 0) is 31.9 Å². The highest BCUT2D eigenvalue weighted by molar-refractivity contribution is 5.20. The quantitative estimate of drug-likeness (QED) is 0.902. The number of hydrogen-bond donors (Lipinski definition) is 1. The Bertz CT molecular complexity index is 424. The van der Waals surface area contributed by atoms with Crippen LogP contribution in [0.25, 0.3) is 0 Å². The Kier molecular flexibility index (Phi) is 4.42. The fourth-order valence-electron chi connectivity index (χ4n) is 2.53. The molecule has 4 nitrogen and oxygen atoms in total. The SMILES string of the molecule is CCC1(C)CN(Cc2ccnc(OC)c2)C(C)CN1. The van der Waals surface area contributed by atoms with E-state index in [-0.39, 0.29) is 5.54 Å². The van der Waals surface area contributed by atoms with E-state index in [4.69, 9.17) is 4.74 Å². The van der Waals surface area contributed by atoms with Gasteiger partial charge in [-0.15, -0.1) is 0 Å². The summed E-state index contributed by atoms with van der Waals surface area (Å²) < 4.78 is 5.19. The summed E-state index contributed by atoms with van der Waals surface area (Å²) >= 11 is 0. The van der Waals surface area contributed by atoms with Crippen molar-refractivity contribution in [3.05, 3.63) is 23.9 Å². The summed E-state index contributed by atoms with van der Waals surface area (Å²) in [7, 11) is 1.66. The van der Waals surface area contributed by atoms with Crippen LogP contribution in [0.4, 0.5) is 0 Å². The van der Waals surface area contributed by atoms with Gasteiger partial charge in [0.2, 0.25) is 5.88 Å². The van der Waals surface area contributed by atoms with E-state index in [1.807, 2.05) is 12.3 Å². The molecule has 4 heteroatoms. The lowest BCUT2D eigenvalue weighted by molar-refractivity contribution is 0.0865. The highest BCUT2D eigenvalue weighted by Gasteiger charge is 2.32. The Morgan fingerprint density at radius 1 is 1.58 bits per heavy atom. The lowest BCUT2D eigenvalue weighted by Gasteiger charge is -2.45. The van der Waals surface area contributed by atoms with E-state index in [0.717, 1.165) is 26.1 Å². The number of pyridine rings is 1. The summed E-state index contributed by atoms with van der Waals surface area (Å²) in [4.78, 5) is 6.70. The molecule has 0 bridgehead atoms. The van der Waals surface area contributed by atoms with Gasteiger partial charge in [-0.25, -0.2) is 4.98 Å². The predicted molar refractivity (Wildman–Crippen MR) is 77.4 cm³/mol. The maximum absolute atomic E-state index is 5.19. The number of rotatable bonds is 4. The minimum atomic E-state index is 0.226. The van der Waals surface area contributed by atoms with E-state index < -0.39 is 0 Å². The van der Waals surface area contributed by atoms with E-state index in [0.29, 0.717) is 11.9 Å². The molecule has 19 heavy (non-hydrogen) atoms. The van der Waals surface area contributed by atoms with Crippen molar-refractivity contribution >= 4 is 0 Å². The monoisotopic (exact) mass is 263 g/mol. The number of methoxy groups -OCH3 is 1. The fraction of sp³-hybridized carbons (Fsp3) is 0.667. The Labute approximate surface area is 116 Å². The average molecular weight is 263 g/mol. The van der Waals surface area contributed by atoms with Gasteiger partial charge in [-0.2, -0.15) is 0 Å². The lowest BCUT2D eigenvalue weighted by Crippen LogP contribution is -2.61. The minimum Gasteiger partial charge on any atom is -0.481 e. The normalized spacial score (nSPS) is 28.3. The third-order valence-corrected chi connectivity index (χ3v) is 4.17. The highest BCUT2D eigenvalue weighted by atomic mass is 16.5. The maximum Gasteiger partial charge on any atom is 0.213 e. The molecule has 0 amide bonds. The van der Waals surface area contributed by atoms with Gasteiger partial charge in [-0.1, -0.05) is 6.92 Å². The van der Waals surface area contributed by atoms with Crippen LogP contribution in [0.5, 0.6) is 5.88 Å². The summed E-state index contributed by atoms with van der Waals surface area (Å²) in [6.07, 6.45) is 2.97. The van der Waals surface area contributed by atoms with Gasteiger partial charge in [0.15, 0.2) is 0 Å². The molecule has 1 saturated heterocycles. The summed E-state index contributed by atoms with van der Waals surface area (Å²) in [5, 5.41) is 3.65. The minimum absolute atomic E-state index is 0.226. The molecule has 0 spiro atoms. The summed E-state index contributed by atoms with van der Waals surface area (Å²) in [5.41, 5.74) is 1.49. The second-order valence-electron chi connectivity index (χ2n) is 5.76. The van der Waals surface area contributed by atoms with Gasteiger partial charge in [0.25, 0.3) is 0 Å². The summed E-state index contributed by atoms with van der Waals surface area (Å²) in [5.74, 6) is 0.693. The molecule has 0 aromatic carbocycles. The topological polar surface area (TPSA) is 37.4 Å². The van der Waals surface area contributed by atoms with Crippen molar-refractivity contribution in [2.75, 3.05) is 20.2 Å². The summed E-state index contributed by atoms with van der Waals surface area (Å²) in [6.45, 7) is 9.91. The van der Waals surface area contributed by atoms with Crippen LogP contribution >= 0.6 is 0 Å². The molecule has 2 rings (SSSR count). The van der Waals surface area contributed by atoms with Gasteiger partial charge in [0.05, 0.1) is 7.11 Å². The molecule has 0 saturated carbocycles. The molecular weight excluding hydrogens is 238 g/mol. The van der Waals surface area contributed by atoms with Crippen LogP contribution in [0.15, 0.2) is 18.3 Å². The molecule has 1 fully saturated rings. The maximum atomic E-state index is 5.19. The predicted octanol–water partition coefficient (Wildman–Crippen LogP) is 2.05. The second-order valence-corrected chi connectivity index (χ2v) is 5.76. The van der Waals surface area contributed by atoms with Crippen molar-refractivity contribution in [1.29, 1.82) is 0 Å². The zero-order chi connectivity index (χ0) is 13.9. The van der Waals surface area contributed by atoms with Gasteiger partial charge in [0, 0.05) is 43.5 Å². The summed E-state index contributed by atoms with van der Waals surface area (Å²) in [6, 6.07) is 4.65. The Balaban J connectivity index is 2.07. The molecule has 1 aromatic heterocycles. The van der Waals surface area contributed by atoms with Crippen molar-refractivity contribution < 1.29 is 4.74 Å². The number of hydrogen-bond acceptors (Lipinski definition) is 4. The Morgan fingerprint density at radius 2 is 2.37 bits per heavy atom. The van der Waals surface area contributed by atoms with Gasteiger partial charge >= 0.3 is 0 Å².